The van der Waals surface area contributed by atoms with Crippen LogP contribution in [0.25, 0.3) is 10.8 Å². The molecule has 0 bridgehead atoms. The molecule has 1 aromatic heterocycles. The molecular weight excluding hydrogens is 394 g/mol. The molecule has 1 heterocycles. The second-order valence-corrected chi connectivity index (χ2v) is 7.51. The highest BCUT2D eigenvalue weighted by Crippen LogP contribution is 2.13. The molecule has 1 aromatic carbocycles. The number of fused-ring (bicyclic) bond motifs is 1. The average Bonchev–Trinajstić information content (AvgIpc) is 2.71. The van der Waals surface area contributed by atoms with Gasteiger partial charge in [0.15, 0.2) is 5.69 Å². The highest BCUT2D eigenvalue weighted by atomic mass is 32.2. The Bertz CT molecular complexity index is 944. The second-order valence-electron chi connectivity index (χ2n) is 6.40. The predicted molar refractivity (Wildman–Crippen MR) is 112 cm³/mol. The summed E-state index contributed by atoms with van der Waals surface area (Å²) in [7, 11) is 0. The van der Waals surface area contributed by atoms with E-state index < -0.39 is 17.7 Å². The third kappa shape index (κ3) is 6.60. The van der Waals surface area contributed by atoms with Gasteiger partial charge in [-0.2, -0.15) is 16.9 Å². The van der Waals surface area contributed by atoms with Gasteiger partial charge in [0.1, 0.15) is 0 Å². The third-order valence-electron chi connectivity index (χ3n) is 4.09. The summed E-state index contributed by atoms with van der Waals surface area (Å²) in [6.07, 6.45) is 2.84. The molecule has 29 heavy (non-hydrogen) atoms. The number of carbonyl (C=O) groups is 3. The molecule has 4 N–H and O–H groups in total. The van der Waals surface area contributed by atoms with Gasteiger partial charge >= 0.3 is 0 Å². The van der Waals surface area contributed by atoms with E-state index in [4.69, 9.17) is 5.73 Å². The lowest BCUT2D eigenvalue weighted by atomic mass is 10.1. The monoisotopic (exact) mass is 419 g/mol. The molecule has 2 aromatic rings. The fraction of sp³-hybridized carbons (Fsp3) is 0.421. The lowest BCUT2D eigenvalue weighted by molar-refractivity contribution is -0.121. The fourth-order valence-electron chi connectivity index (χ4n) is 2.65. The van der Waals surface area contributed by atoms with Crippen molar-refractivity contribution in [1.29, 1.82) is 0 Å². The number of thioether (sulfide) groups is 1. The molecule has 9 nitrogen and oxygen atoms in total. The Morgan fingerprint density at radius 3 is 2.55 bits per heavy atom. The minimum absolute atomic E-state index is 0.0695. The second kappa shape index (κ2) is 11.2. The molecule has 0 aliphatic rings. The Hall–Kier alpha value is -2.88. The zero-order valence-corrected chi connectivity index (χ0v) is 17.1. The van der Waals surface area contributed by atoms with E-state index in [1.807, 2.05) is 0 Å². The number of aryl methyl sites for hydroxylation is 1. The maximum absolute atomic E-state index is 12.6. The summed E-state index contributed by atoms with van der Waals surface area (Å²) in [5.74, 6) is -0.932. The summed E-state index contributed by atoms with van der Waals surface area (Å²) in [6, 6.07) is 6.75. The van der Waals surface area contributed by atoms with Crippen molar-refractivity contribution in [1.82, 2.24) is 20.6 Å². The predicted octanol–water partition coefficient (Wildman–Crippen LogP) is 0.956. The number of nitrogens with two attached hydrogens (primary N) is 1. The van der Waals surface area contributed by atoms with E-state index >= 15 is 0 Å². The Morgan fingerprint density at radius 2 is 1.86 bits per heavy atom. The van der Waals surface area contributed by atoms with Gasteiger partial charge in [0.25, 0.3) is 11.5 Å². The van der Waals surface area contributed by atoms with Gasteiger partial charge in [-0.1, -0.05) is 38.0 Å². The van der Waals surface area contributed by atoms with E-state index in [1.165, 1.54) is 16.4 Å². The van der Waals surface area contributed by atoms with Gasteiger partial charge in [0.2, 0.25) is 11.8 Å². The normalized spacial score (nSPS) is 10.7. The summed E-state index contributed by atoms with van der Waals surface area (Å²) >= 11 is 1.24. The van der Waals surface area contributed by atoms with Crippen LogP contribution in [0.4, 0.5) is 0 Å². The molecule has 10 heteroatoms. The number of hydrogen-bond donors (Lipinski definition) is 3. The van der Waals surface area contributed by atoms with E-state index in [-0.39, 0.29) is 23.4 Å². The quantitative estimate of drug-likeness (QED) is 0.388. The Kier molecular flexibility index (Phi) is 8.66. The van der Waals surface area contributed by atoms with Crippen LogP contribution in [0, 0.1) is 0 Å². The van der Waals surface area contributed by atoms with Crippen molar-refractivity contribution in [3.63, 3.8) is 0 Å². The Morgan fingerprint density at radius 1 is 1.14 bits per heavy atom. The molecule has 0 aliphatic heterocycles. The molecule has 0 aliphatic carbocycles. The zero-order valence-electron chi connectivity index (χ0n) is 16.3. The number of hydrogen-bond acceptors (Lipinski definition) is 6. The minimum Gasteiger partial charge on any atom is -0.369 e. The van der Waals surface area contributed by atoms with E-state index in [9.17, 15) is 19.2 Å². The van der Waals surface area contributed by atoms with Gasteiger partial charge in [-0.15, -0.1) is 0 Å². The van der Waals surface area contributed by atoms with Crippen molar-refractivity contribution in [2.24, 2.45) is 5.73 Å². The maximum atomic E-state index is 12.6. The Labute approximate surface area is 172 Å². The van der Waals surface area contributed by atoms with Crippen molar-refractivity contribution < 1.29 is 14.4 Å². The maximum Gasteiger partial charge on any atom is 0.290 e. The van der Waals surface area contributed by atoms with Crippen molar-refractivity contribution in [2.75, 3.05) is 11.5 Å². The highest BCUT2D eigenvalue weighted by molar-refractivity contribution is 7.99. The highest BCUT2D eigenvalue weighted by Gasteiger charge is 2.17. The van der Waals surface area contributed by atoms with Crippen LogP contribution in [-0.4, -0.2) is 39.0 Å². The van der Waals surface area contributed by atoms with Crippen molar-refractivity contribution in [2.45, 2.75) is 39.2 Å². The summed E-state index contributed by atoms with van der Waals surface area (Å²) in [4.78, 5) is 47.7. The van der Waals surface area contributed by atoms with Crippen LogP contribution in [0.1, 0.15) is 43.1 Å². The number of carbonyl (C=O) groups excluding carboxylic acids is 3. The molecule has 0 fully saturated rings. The van der Waals surface area contributed by atoms with E-state index in [1.54, 1.807) is 24.3 Å². The molecular formula is C19H25N5O4S. The van der Waals surface area contributed by atoms with Crippen LogP contribution in [-0.2, 0) is 16.1 Å². The summed E-state index contributed by atoms with van der Waals surface area (Å²) in [5, 5.41) is 5.06. The van der Waals surface area contributed by atoms with Gasteiger partial charge in [-0.05, 0) is 12.5 Å². The average molecular weight is 420 g/mol. The Balaban J connectivity index is 2.09. The van der Waals surface area contributed by atoms with Crippen LogP contribution >= 0.6 is 11.8 Å². The largest absolute Gasteiger partial charge is 0.369 e. The number of unbranched alkanes of at least 4 members (excludes halogenated alkanes) is 2. The van der Waals surface area contributed by atoms with E-state index in [2.05, 4.69) is 22.9 Å². The summed E-state index contributed by atoms with van der Waals surface area (Å²) < 4.78 is 1.30. The number of nitrogens with one attached hydrogen (secondary N) is 2. The molecule has 0 saturated carbocycles. The van der Waals surface area contributed by atoms with Gasteiger partial charge in [0, 0.05) is 24.1 Å². The zero-order chi connectivity index (χ0) is 21.2. The molecule has 0 saturated heterocycles. The van der Waals surface area contributed by atoms with E-state index in [0.29, 0.717) is 23.1 Å². The fourth-order valence-corrected chi connectivity index (χ4v) is 3.33. The van der Waals surface area contributed by atoms with Crippen molar-refractivity contribution in [3.05, 3.63) is 40.3 Å². The molecule has 3 amide bonds. The molecule has 0 radical (unpaired) electrons. The lowest BCUT2D eigenvalue weighted by Crippen LogP contribution is -2.43. The van der Waals surface area contributed by atoms with Gasteiger partial charge in [-0.3, -0.25) is 30.0 Å². The van der Waals surface area contributed by atoms with Gasteiger partial charge < -0.3 is 5.73 Å². The minimum atomic E-state index is -0.608. The number of aromatic nitrogens is 2. The van der Waals surface area contributed by atoms with Crippen LogP contribution in [0.5, 0.6) is 0 Å². The number of hydrazine groups is 1. The molecule has 0 atom stereocenters. The van der Waals surface area contributed by atoms with Crippen LogP contribution in [0.2, 0.25) is 0 Å². The van der Waals surface area contributed by atoms with Crippen molar-refractivity contribution in [3.8, 4) is 0 Å². The van der Waals surface area contributed by atoms with Crippen LogP contribution in [0.3, 0.4) is 0 Å². The number of primary amides is 1. The molecule has 0 unspecified atom stereocenters. The number of amides is 3. The molecule has 156 valence electrons. The van der Waals surface area contributed by atoms with Crippen LogP contribution < -0.4 is 22.1 Å². The third-order valence-corrected chi connectivity index (χ3v) is 5.07. The summed E-state index contributed by atoms with van der Waals surface area (Å²) in [5.41, 5.74) is 9.52. The summed E-state index contributed by atoms with van der Waals surface area (Å²) in [6.45, 7) is 2.48. The number of nitrogens with zero attached hydrogens (tertiary/aromatic N) is 2. The van der Waals surface area contributed by atoms with Gasteiger partial charge in [0.05, 0.1) is 11.1 Å². The molecule has 0 spiro atoms. The first kappa shape index (κ1) is 22.4. The first-order valence-electron chi connectivity index (χ1n) is 9.39. The number of benzene rings is 1. The first-order chi connectivity index (χ1) is 13.9. The number of rotatable bonds is 10. The lowest BCUT2D eigenvalue weighted by Gasteiger charge is -2.12. The van der Waals surface area contributed by atoms with Crippen molar-refractivity contribution >= 4 is 40.3 Å². The smallest absolute Gasteiger partial charge is 0.290 e. The van der Waals surface area contributed by atoms with Gasteiger partial charge in [-0.25, -0.2) is 4.68 Å². The van der Waals surface area contributed by atoms with Crippen LogP contribution in [0.15, 0.2) is 29.1 Å². The first-order valence-corrected chi connectivity index (χ1v) is 10.5. The van der Waals surface area contributed by atoms with E-state index in [0.717, 1.165) is 19.3 Å². The standard InChI is InChI=1S/C19H25N5O4S/c1-2-3-6-10-24-19(28)14-8-5-4-7-13(14)17(23-24)18(27)22-21-16(26)9-11-29-12-15(20)25/h4-5,7-8H,2-3,6,9-12H2,1H3,(H2,20,25)(H,21,26)(H,22,27). The topological polar surface area (TPSA) is 136 Å². The SMILES string of the molecule is CCCCCn1nc(C(=O)NNC(=O)CCSCC(N)=O)c2ccccc2c1=O. The molecule has 2 rings (SSSR count).